The van der Waals surface area contributed by atoms with Gasteiger partial charge in [-0.2, -0.15) is 13.2 Å². The summed E-state index contributed by atoms with van der Waals surface area (Å²) in [5.41, 5.74) is 1.95. The van der Waals surface area contributed by atoms with E-state index in [9.17, 15) is 18.0 Å². The molecule has 0 atom stereocenters. The molecule has 0 amide bonds. The molecule has 33 heavy (non-hydrogen) atoms. The second-order valence-electron chi connectivity index (χ2n) is 8.03. The average Bonchev–Trinajstić information content (AvgIpc) is 2.78. The first-order chi connectivity index (χ1) is 15.6. The summed E-state index contributed by atoms with van der Waals surface area (Å²) >= 11 is 0. The first-order valence-electron chi connectivity index (χ1n) is 11.7. The van der Waals surface area contributed by atoms with Gasteiger partial charge in [0.2, 0.25) is 0 Å². The maximum Gasteiger partial charge on any atom is 0.416 e. The van der Waals surface area contributed by atoms with Crippen molar-refractivity contribution in [1.82, 2.24) is 4.90 Å². The third-order valence-corrected chi connectivity index (χ3v) is 5.53. The molecule has 1 aliphatic heterocycles. The maximum absolute atomic E-state index is 12.4. The van der Waals surface area contributed by atoms with Crippen LogP contribution >= 0.6 is 0 Å². The van der Waals surface area contributed by atoms with E-state index in [0.717, 1.165) is 31.2 Å². The van der Waals surface area contributed by atoms with E-state index in [1.54, 1.807) is 0 Å². The predicted molar refractivity (Wildman–Crippen MR) is 129 cm³/mol. The van der Waals surface area contributed by atoms with Gasteiger partial charge in [0.05, 0.1) is 5.56 Å². The fourth-order valence-electron chi connectivity index (χ4n) is 3.54. The molecule has 0 aromatic heterocycles. The molecule has 2 aromatic rings. The van der Waals surface area contributed by atoms with Crippen LogP contribution in [0.1, 0.15) is 62.8 Å². The van der Waals surface area contributed by atoms with Gasteiger partial charge in [-0.1, -0.05) is 45.0 Å². The molecular weight excluding hydrogens is 427 g/mol. The van der Waals surface area contributed by atoms with E-state index in [0.29, 0.717) is 6.10 Å². The molecule has 0 aliphatic carbocycles. The van der Waals surface area contributed by atoms with Gasteiger partial charge in [0.15, 0.2) is 0 Å². The van der Waals surface area contributed by atoms with Crippen LogP contribution in [0.4, 0.5) is 13.2 Å². The number of ether oxygens (including phenoxy) is 1. The number of likely N-dealkylation sites (tertiary alicyclic amines) is 1. The minimum absolute atomic E-state index is 0.0347. The maximum atomic E-state index is 12.4. The molecule has 3 nitrogen and oxygen atoms in total. The van der Waals surface area contributed by atoms with Crippen molar-refractivity contribution in [2.45, 2.75) is 73.1 Å². The molecule has 1 heterocycles. The van der Waals surface area contributed by atoms with Crippen molar-refractivity contribution in [2.75, 3.05) is 19.6 Å². The Morgan fingerprint density at radius 1 is 1.03 bits per heavy atom. The molecule has 184 valence electrons. The van der Waals surface area contributed by atoms with Crippen LogP contribution in [0.3, 0.4) is 0 Å². The molecule has 0 N–H and O–H groups in total. The number of benzene rings is 2. The number of hydrogen-bond donors (Lipinski definition) is 0. The van der Waals surface area contributed by atoms with Crippen LogP contribution in [0.15, 0.2) is 42.5 Å². The number of hydrogen-bond acceptors (Lipinski definition) is 3. The monoisotopic (exact) mass is 465 g/mol. The topological polar surface area (TPSA) is 29.5 Å². The average molecular weight is 466 g/mol. The minimum Gasteiger partial charge on any atom is -0.490 e. The molecule has 1 fully saturated rings. The Labute approximate surface area is 196 Å². The van der Waals surface area contributed by atoms with E-state index >= 15 is 0 Å². The predicted octanol–water partition coefficient (Wildman–Crippen LogP) is 7.03. The molecule has 0 bridgehead atoms. The third-order valence-electron chi connectivity index (χ3n) is 5.53. The first kappa shape index (κ1) is 28.7. The first-order valence-corrected chi connectivity index (χ1v) is 11.7. The number of rotatable bonds is 5. The fraction of sp³-hybridized carbons (Fsp3) is 0.519. The van der Waals surface area contributed by atoms with Crippen LogP contribution in [0.5, 0.6) is 5.75 Å². The van der Waals surface area contributed by atoms with Crippen LogP contribution in [0.25, 0.3) is 0 Å². The van der Waals surface area contributed by atoms with Gasteiger partial charge in [-0.05, 0) is 75.0 Å². The number of alkyl halides is 3. The smallest absolute Gasteiger partial charge is 0.416 e. The zero-order valence-electron chi connectivity index (χ0n) is 20.8. The Bertz CT molecular complexity index is 857. The van der Waals surface area contributed by atoms with E-state index in [-0.39, 0.29) is 17.8 Å². The Hall–Kier alpha value is -2.34. The minimum atomic E-state index is -4.38. The van der Waals surface area contributed by atoms with Gasteiger partial charge in [-0.3, -0.25) is 4.79 Å². The lowest BCUT2D eigenvalue weighted by Crippen LogP contribution is -2.37. The number of carbonyl (C=O) groups excluding carboxylic acids is 1. The van der Waals surface area contributed by atoms with Crippen molar-refractivity contribution in [3.05, 3.63) is 64.7 Å². The van der Waals surface area contributed by atoms with Crippen molar-refractivity contribution < 1.29 is 22.7 Å². The quantitative estimate of drug-likeness (QED) is 0.475. The number of halogens is 3. The van der Waals surface area contributed by atoms with Gasteiger partial charge in [0.25, 0.3) is 0 Å². The van der Waals surface area contributed by atoms with Gasteiger partial charge in [-0.15, -0.1) is 0 Å². The number of ketones is 1. The number of carbonyl (C=O) groups is 1. The Morgan fingerprint density at radius 2 is 1.64 bits per heavy atom. The second kappa shape index (κ2) is 14.0. The summed E-state index contributed by atoms with van der Waals surface area (Å²) in [5, 5.41) is 0. The van der Waals surface area contributed by atoms with Crippen molar-refractivity contribution in [3.8, 4) is 5.75 Å². The number of piperidine rings is 1. The third kappa shape index (κ3) is 9.99. The standard InChI is InChI=1S/C15H23NO.C10H9F3O.C2H6/c1-4-16-9-7-14(8-10-16)17-15-6-5-12(2)13(3)11-15;1-7(14)6-8-4-2-3-5-9(8)10(11,12)13;1-2/h5-6,11,14H,4,7-10H2,1-3H3;2-5H,6H2,1H3;1-2H3. The summed E-state index contributed by atoms with van der Waals surface area (Å²) in [6.07, 6.45) is -1.84. The lowest BCUT2D eigenvalue weighted by atomic mass is 10.0. The van der Waals surface area contributed by atoms with E-state index in [1.165, 1.54) is 49.3 Å². The van der Waals surface area contributed by atoms with Crippen LogP contribution in [0.2, 0.25) is 0 Å². The Balaban J connectivity index is 0.000000313. The summed E-state index contributed by atoms with van der Waals surface area (Å²) in [5.74, 6) is 0.754. The van der Waals surface area contributed by atoms with E-state index in [1.807, 2.05) is 13.8 Å². The SMILES string of the molecule is CC.CC(=O)Cc1ccccc1C(F)(F)F.CCN1CCC(Oc2ccc(C)c(C)c2)CC1. The van der Waals surface area contributed by atoms with Gasteiger partial charge in [-0.25, -0.2) is 0 Å². The largest absolute Gasteiger partial charge is 0.490 e. The van der Waals surface area contributed by atoms with E-state index in [4.69, 9.17) is 4.74 Å². The van der Waals surface area contributed by atoms with Gasteiger partial charge >= 0.3 is 6.18 Å². The fourth-order valence-corrected chi connectivity index (χ4v) is 3.54. The van der Waals surface area contributed by atoms with Crippen LogP contribution < -0.4 is 4.74 Å². The van der Waals surface area contributed by atoms with E-state index < -0.39 is 11.7 Å². The molecule has 1 aliphatic rings. The highest BCUT2D eigenvalue weighted by atomic mass is 19.4. The van der Waals surface area contributed by atoms with Crippen LogP contribution in [-0.2, 0) is 17.4 Å². The Kier molecular flexibility index (Phi) is 12.2. The molecule has 0 spiro atoms. The molecule has 3 rings (SSSR count). The van der Waals surface area contributed by atoms with E-state index in [2.05, 4.69) is 43.9 Å². The molecule has 2 aromatic carbocycles. The van der Waals surface area contributed by atoms with Crippen molar-refractivity contribution >= 4 is 5.78 Å². The number of aryl methyl sites for hydroxylation is 2. The highest BCUT2D eigenvalue weighted by Gasteiger charge is 2.32. The Morgan fingerprint density at radius 3 is 2.15 bits per heavy atom. The summed E-state index contributed by atoms with van der Waals surface area (Å²) in [6.45, 7) is 15.3. The molecule has 0 saturated carbocycles. The second-order valence-corrected chi connectivity index (χ2v) is 8.03. The zero-order valence-corrected chi connectivity index (χ0v) is 20.8. The molecule has 1 saturated heterocycles. The lowest BCUT2D eigenvalue weighted by molar-refractivity contribution is -0.138. The van der Waals surface area contributed by atoms with Crippen LogP contribution in [-0.4, -0.2) is 36.4 Å². The molecule has 0 unspecified atom stereocenters. The summed E-state index contributed by atoms with van der Waals surface area (Å²) in [4.78, 5) is 13.2. The van der Waals surface area contributed by atoms with Crippen molar-refractivity contribution in [1.29, 1.82) is 0 Å². The number of Topliss-reactive ketones (excluding diaryl/α,β-unsaturated/α-hetero) is 1. The van der Waals surface area contributed by atoms with Crippen molar-refractivity contribution in [2.24, 2.45) is 0 Å². The lowest BCUT2D eigenvalue weighted by Gasteiger charge is -2.31. The zero-order chi connectivity index (χ0) is 25.0. The number of nitrogens with zero attached hydrogens (tertiary/aromatic N) is 1. The summed E-state index contributed by atoms with van der Waals surface area (Å²) in [7, 11) is 0. The summed E-state index contributed by atoms with van der Waals surface area (Å²) < 4.78 is 43.2. The summed E-state index contributed by atoms with van der Waals surface area (Å²) in [6, 6.07) is 11.5. The van der Waals surface area contributed by atoms with Crippen LogP contribution in [0, 0.1) is 13.8 Å². The normalized spacial score (nSPS) is 14.5. The highest BCUT2D eigenvalue weighted by molar-refractivity contribution is 5.78. The molecular formula is C27H38F3NO2. The highest BCUT2D eigenvalue weighted by Crippen LogP contribution is 2.32. The van der Waals surface area contributed by atoms with Crippen molar-refractivity contribution in [3.63, 3.8) is 0 Å². The molecule has 6 heteroatoms. The van der Waals surface area contributed by atoms with Gasteiger partial charge < -0.3 is 9.64 Å². The van der Waals surface area contributed by atoms with Gasteiger partial charge in [0, 0.05) is 19.5 Å². The van der Waals surface area contributed by atoms with Gasteiger partial charge in [0.1, 0.15) is 17.6 Å². The molecule has 0 radical (unpaired) electrons.